The van der Waals surface area contributed by atoms with Crippen LogP contribution in [0.3, 0.4) is 0 Å². The Morgan fingerprint density at radius 3 is 1.75 bits per heavy atom. The van der Waals surface area contributed by atoms with Gasteiger partial charge in [-0.15, -0.1) is 0 Å². The lowest BCUT2D eigenvalue weighted by Gasteiger charge is -2.25. The van der Waals surface area contributed by atoms with E-state index in [1.807, 2.05) is 0 Å². The number of benzene rings is 3. The van der Waals surface area contributed by atoms with E-state index in [1.54, 1.807) is 76.2 Å². The number of phenols is 1. The van der Waals surface area contributed by atoms with Gasteiger partial charge in [-0.1, -0.05) is 11.6 Å². The Morgan fingerprint density at radius 2 is 1.28 bits per heavy atom. The molecule has 0 bridgehead atoms. The van der Waals surface area contributed by atoms with Gasteiger partial charge in [0.1, 0.15) is 17.2 Å². The summed E-state index contributed by atoms with van der Waals surface area (Å²) in [5, 5.41) is 9.43. The summed E-state index contributed by atoms with van der Waals surface area (Å²) in [6.07, 6.45) is -0.213. The third-order valence-corrected chi connectivity index (χ3v) is 4.78. The summed E-state index contributed by atoms with van der Waals surface area (Å²) >= 11 is 5.84. The predicted octanol–water partition coefficient (Wildman–Crippen LogP) is 6.00. The molecule has 0 amide bonds. The van der Waals surface area contributed by atoms with Gasteiger partial charge in [0.15, 0.2) is 11.4 Å². The number of ether oxygens (including phenoxy) is 3. The van der Waals surface area contributed by atoms with Crippen molar-refractivity contribution in [2.75, 3.05) is 0 Å². The molecule has 0 saturated carbocycles. The molecule has 0 aliphatic rings. The number of aromatic hydroxyl groups is 1. The molecule has 3 aromatic carbocycles. The molecule has 190 valence electrons. The summed E-state index contributed by atoms with van der Waals surface area (Å²) in [6, 6.07) is 19.3. The molecule has 0 aliphatic heterocycles. The topological polar surface area (TPSA) is 99.1 Å². The van der Waals surface area contributed by atoms with Gasteiger partial charge in [0.05, 0.1) is 6.10 Å². The maximum Gasteiger partial charge on any atom is 0.350 e. The van der Waals surface area contributed by atoms with Crippen molar-refractivity contribution in [1.29, 1.82) is 0 Å². The number of halogens is 1. The monoisotopic (exact) mass is 512 g/mol. The maximum absolute atomic E-state index is 12.4. The minimum atomic E-state index is -1.12. The van der Waals surface area contributed by atoms with Crippen molar-refractivity contribution in [3.8, 4) is 17.2 Å². The molecule has 7 nitrogen and oxygen atoms in total. The van der Waals surface area contributed by atoms with Crippen molar-refractivity contribution in [2.45, 2.75) is 46.3 Å². The molecule has 0 fully saturated rings. The highest BCUT2D eigenvalue weighted by molar-refractivity contribution is 6.30. The van der Waals surface area contributed by atoms with Crippen LogP contribution in [0.15, 0.2) is 72.8 Å². The summed E-state index contributed by atoms with van der Waals surface area (Å²) in [5.41, 5.74) is -0.0393. The fourth-order valence-electron chi connectivity index (χ4n) is 2.81. The Hall–Kier alpha value is -3.84. The van der Waals surface area contributed by atoms with Crippen molar-refractivity contribution in [1.82, 2.24) is 0 Å². The third kappa shape index (κ3) is 9.07. The first-order valence-corrected chi connectivity index (χ1v) is 11.5. The van der Waals surface area contributed by atoms with Crippen LogP contribution in [0.25, 0.3) is 0 Å². The molecule has 0 aromatic heterocycles. The normalized spacial score (nSPS) is 10.6. The Labute approximate surface area is 215 Å². The zero-order chi connectivity index (χ0) is 26.9. The van der Waals surface area contributed by atoms with Gasteiger partial charge in [-0.3, -0.25) is 9.59 Å². The first kappa shape index (κ1) is 28.4. The average molecular weight is 513 g/mol. The van der Waals surface area contributed by atoms with Gasteiger partial charge in [-0.2, -0.15) is 0 Å². The number of rotatable bonds is 7. The highest BCUT2D eigenvalue weighted by Gasteiger charge is 2.32. The lowest BCUT2D eigenvalue weighted by Crippen LogP contribution is -2.40. The molecule has 0 heterocycles. The molecule has 1 N–H and O–H groups in total. The molecule has 8 heteroatoms. The maximum atomic E-state index is 12.4. The van der Waals surface area contributed by atoms with Crippen LogP contribution in [0.5, 0.6) is 17.2 Å². The van der Waals surface area contributed by atoms with E-state index in [0.29, 0.717) is 27.6 Å². The van der Waals surface area contributed by atoms with Crippen LogP contribution in [0.4, 0.5) is 0 Å². The second-order valence-electron chi connectivity index (χ2n) is 8.51. The Balaban J connectivity index is 0.000000346. The summed E-state index contributed by atoms with van der Waals surface area (Å²) in [5.74, 6) is 0.163. The molecule has 0 radical (unpaired) electrons. The van der Waals surface area contributed by atoms with Gasteiger partial charge >= 0.3 is 11.9 Å². The Morgan fingerprint density at radius 1 is 0.806 bits per heavy atom. The first-order valence-electron chi connectivity index (χ1n) is 11.2. The summed E-state index contributed by atoms with van der Waals surface area (Å²) in [4.78, 5) is 34.9. The average Bonchev–Trinajstić information content (AvgIpc) is 2.80. The fourth-order valence-corrected chi connectivity index (χ4v) is 2.94. The van der Waals surface area contributed by atoms with E-state index in [-0.39, 0.29) is 23.6 Å². The minimum Gasteiger partial charge on any atom is -0.508 e. The van der Waals surface area contributed by atoms with E-state index in [4.69, 9.17) is 30.9 Å². The van der Waals surface area contributed by atoms with Crippen molar-refractivity contribution < 1.29 is 33.7 Å². The van der Waals surface area contributed by atoms with Crippen molar-refractivity contribution >= 4 is 29.3 Å². The molecule has 36 heavy (non-hydrogen) atoms. The van der Waals surface area contributed by atoms with Gasteiger partial charge in [0.2, 0.25) is 0 Å². The van der Waals surface area contributed by atoms with Crippen molar-refractivity contribution in [3.05, 3.63) is 88.9 Å². The standard InChI is InChI=1S/C20H21ClO4.C8H8O3/c1-13(2)24-19(23)20(3,4)25-17-11-7-15(8-12-17)18(22)14-5-9-16(21)10-6-14;1-6(9)11-8-4-2-7(10)3-5-8/h5-13H,1-4H3;2-5,10H,1H3. The van der Waals surface area contributed by atoms with Gasteiger partial charge < -0.3 is 19.3 Å². The van der Waals surface area contributed by atoms with E-state index in [1.165, 1.54) is 31.2 Å². The summed E-state index contributed by atoms with van der Waals surface area (Å²) in [6.45, 7) is 8.18. The third-order valence-electron chi connectivity index (χ3n) is 4.53. The van der Waals surface area contributed by atoms with Crippen LogP contribution in [0.2, 0.25) is 5.02 Å². The Bertz CT molecular complexity index is 1170. The number of carbonyl (C=O) groups excluding carboxylic acids is 3. The van der Waals surface area contributed by atoms with Crippen LogP contribution in [-0.2, 0) is 14.3 Å². The highest BCUT2D eigenvalue weighted by atomic mass is 35.5. The number of esters is 2. The van der Waals surface area contributed by atoms with Crippen LogP contribution in [0, 0.1) is 0 Å². The minimum absolute atomic E-state index is 0.110. The fraction of sp³-hybridized carbons (Fsp3) is 0.250. The second-order valence-corrected chi connectivity index (χ2v) is 8.95. The van der Waals surface area contributed by atoms with Crippen LogP contribution in [0.1, 0.15) is 50.5 Å². The quantitative estimate of drug-likeness (QED) is 0.235. The van der Waals surface area contributed by atoms with Crippen molar-refractivity contribution in [2.24, 2.45) is 0 Å². The van der Waals surface area contributed by atoms with E-state index in [2.05, 4.69) is 0 Å². The van der Waals surface area contributed by atoms with E-state index in [0.717, 1.165) is 0 Å². The summed E-state index contributed by atoms with van der Waals surface area (Å²) < 4.78 is 15.6. The second kappa shape index (κ2) is 12.7. The molecular weight excluding hydrogens is 484 g/mol. The summed E-state index contributed by atoms with van der Waals surface area (Å²) in [7, 11) is 0. The number of hydrogen-bond acceptors (Lipinski definition) is 7. The molecule has 3 aromatic rings. The van der Waals surface area contributed by atoms with E-state index in [9.17, 15) is 14.4 Å². The number of hydrogen-bond donors (Lipinski definition) is 1. The largest absolute Gasteiger partial charge is 0.508 e. The van der Waals surface area contributed by atoms with Crippen LogP contribution < -0.4 is 9.47 Å². The molecule has 0 spiro atoms. The van der Waals surface area contributed by atoms with Crippen LogP contribution in [-0.4, -0.2) is 34.5 Å². The molecular formula is C28H29ClO7. The lowest BCUT2D eigenvalue weighted by molar-refractivity contribution is -0.163. The zero-order valence-corrected chi connectivity index (χ0v) is 21.5. The molecule has 0 unspecified atom stereocenters. The highest BCUT2D eigenvalue weighted by Crippen LogP contribution is 2.22. The van der Waals surface area contributed by atoms with Crippen LogP contribution >= 0.6 is 11.6 Å². The van der Waals surface area contributed by atoms with E-state index >= 15 is 0 Å². The molecule has 0 atom stereocenters. The predicted molar refractivity (Wildman–Crippen MR) is 137 cm³/mol. The van der Waals surface area contributed by atoms with Gasteiger partial charge in [0, 0.05) is 23.1 Å². The van der Waals surface area contributed by atoms with E-state index < -0.39 is 11.6 Å². The smallest absolute Gasteiger partial charge is 0.350 e. The molecule has 3 rings (SSSR count). The number of phenolic OH excluding ortho intramolecular Hbond substituents is 1. The number of ketones is 1. The first-order chi connectivity index (χ1) is 16.9. The van der Waals surface area contributed by atoms with Gasteiger partial charge in [0.25, 0.3) is 0 Å². The SMILES string of the molecule is CC(=O)Oc1ccc(O)cc1.CC(C)OC(=O)C(C)(C)Oc1ccc(C(=O)c2ccc(Cl)cc2)cc1. The van der Waals surface area contributed by atoms with Gasteiger partial charge in [-0.05, 0) is 100 Å². The zero-order valence-electron chi connectivity index (χ0n) is 20.8. The van der Waals surface area contributed by atoms with Gasteiger partial charge in [-0.25, -0.2) is 4.79 Å². The number of carbonyl (C=O) groups is 3. The lowest BCUT2D eigenvalue weighted by atomic mass is 10.0. The Kier molecular flexibility index (Phi) is 10.1. The molecule has 0 saturated heterocycles. The molecule has 0 aliphatic carbocycles. The van der Waals surface area contributed by atoms with Crippen molar-refractivity contribution in [3.63, 3.8) is 0 Å².